The Bertz CT molecular complexity index is 643. The molecule has 8 heteroatoms. The van der Waals surface area contributed by atoms with Gasteiger partial charge >= 0.3 is 12.0 Å². The molecule has 1 aromatic carbocycles. The Morgan fingerprint density at radius 1 is 1.38 bits per heavy atom. The molecule has 1 aromatic heterocycles. The molecule has 7 nitrogen and oxygen atoms in total. The van der Waals surface area contributed by atoms with Gasteiger partial charge in [-0.15, -0.1) is 0 Å². The molecule has 2 amide bonds. The van der Waals surface area contributed by atoms with Gasteiger partial charge in [-0.1, -0.05) is 0 Å². The van der Waals surface area contributed by atoms with Crippen LogP contribution in [0.15, 0.2) is 35.1 Å². The molecule has 4 N–H and O–H groups in total. The summed E-state index contributed by atoms with van der Waals surface area (Å²) in [7, 11) is 0. The number of aromatic carboxylic acids is 1. The zero-order valence-corrected chi connectivity index (χ0v) is 12.5. The number of carbonyl (C=O) groups excluding carboxylic acids is 1. The van der Waals surface area contributed by atoms with Crippen LogP contribution in [0, 0.1) is 0 Å². The lowest BCUT2D eigenvalue weighted by atomic mass is 10.2. The van der Waals surface area contributed by atoms with Crippen LogP contribution >= 0.6 is 15.9 Å². The van der Waals surface area contributed by atoms with Crippen molar-refractivity contribution in [3.63, 3.8) is 0 Å². The fraction of sp³-hybridized carbons (Fsp3) is 0.154. The normalized spacial score (nSPS) is 10.1. The van der Waals surface area contributed by atoms with Crippen molar-refractivity contribution < 1.29 is 14.7 Å². The van der Waals surface area contributed by atoms with Crippen LogP contribution in [0.4, 0.5) is 10.5 Å². The van der Waals surface area contributed by atoms with Crippen LogP contribution < -0.4 is 10.6 Å². The van der Waals surface area contributed by atoms with Crippen molar-refractivity contribution in [3.8, 4) is 0 Å². The maximum atomic E-state index is 11.7. The molecule has 2 rings (SSSR count). The van der Waals surface area contributed by atoms with E-state index in [1.165, 1.54) is 6.07 Å². The van der Waals surface area contributed by atoms with Crippen LogP contribution in [-0.4, -0.2) is 33.6 Å². The number of nitrogens with zero attached hydrogens (tertiary/aromatic N) is 1. The van der Waals surface area contributed by atoms with Crippen LogP contribution in [0.1, 0.15) is 16.2 Å². The van der Waals surface area contributed by atoms with E-state index in [-0.39, 0.29) is 5.56 Å². The standard InChI is InChI=1S/C13H13BrN4O3/c14-10-2-1-8(7-9(10)12(19)20)18-13(21)17-4-3-11-15-5-6-16-11/h1-2,5-7H,3-4H2,(H,15,16)(H,19,20)(H2,17,18,21). The van der Waals surface area contributed by atoms with E-state index in [0.717, 1.165) is 5.82 Å². The topological polar surface area (TPSA) is 107 Å². The fourth-order valence-electron chi connectivity index (χ4n) is 1.67. The second kappa shape index (κ2) is 6.89. The highest BCUT2D eigenvalue weighted by molar-refractivity contribution is 9.10. The van der Waals surface area contributed by atoms with E-state index in [2.05, 4.69) is 36.5 Å². The highest BCUT2D eigenvalue weighted by atomic mass is 79.9. The van der Waals surface area contributed by atoms with Gasteiger partial charge in [-0.05, 0) is 34.1 Å². The summed E-state index contributed by atoms with van der Waals surface area (Å²) in [5.41, 5.74) is 0.495. The van der Waals surface area contributed by atoms with Gasteiger partial charge < -0.3 is 20.7 Å². The van der Waals surface area contributed by atoms with E-state index < -0.39 is 12.0 Å². The number of aromatic nitrogens is 2. The second-order valence-corrected chi connectivity index (χ2v) is 5.02. The number of hydrogen-bond acceptors (Lipinski definition) is 3. The lowest BCUT2D eigenvalue weighted by Gasteiger charge is -2.08. The number of hydrogen-bond donors (Lipinski definition) is 4. The summed E-state index contributed by atoms with van der Waals surface area (Å²) < 4.78 is 0.457. The van der Waals surface area contributed by atoms with Gasteiger partial charge in [-0.2, -0.15) is 0 Å². The summed E-state index contributed by atoms with van der Waals surface area (Å²) in [6, 6.07) is 4.17. The molecule has 0 spiro atoms. The largest absolute Gasteiger partial charge is 0.478 e. The molecule has 110 valence electrons. The Morgan fingerprint density at radius 3 is 2.86 bits per heavy atom. The van der Waals surface area contributed by atoms with Gasteiger partial charge in [0.05, 0.1) is 5.56 Å². The van der Waals surface area contributed by atoms with Crippen molar-refractivity contribution in [2.24, 2.45) is 0 Å². The van der Waals surface area contributed by atoms with Crippen molar-refractivity contribution in [1.29, 1.82) is 0 Å². The van der Waals surface area contributed by atoms with Gasteiger partial charge in [0.1, 0.15) is 5.82 Å². The number of anilines is 1. The van der Waals surface area contributed by atoms with Crippen molar-refractivity contribution in [2.45, 2.75) is 6.42 Å². The van der Waals surface area contributed by atoms with Gasteiger partial charge in [0.2, 0.25) is 0 Å². The predicted octanol–water partition coefficient (Wildman–Crippen LogP) is 2.23. The van der Waals surface area contributed by atoms with E-state index in [1.807, 2.05) is 0 Å². The first kappa shape index (κ1) is 15.0. The molecule has 0 aliphatic heterocycles. The molecule has 0 fully saturated rings. The molecule has 0 saturated heterocycles. The Labute approximate surface area is 128 Å². The molecule has 0 saturated carbocycles. The average molecular weight is 353 g/mol. The molecule has 2 aromatic rings. The molecule has 0 aliphatic rings. The van der Waals surface area contributed by atoms with Gasteiger partial charge in [0.15, 0.2) is 0 Å². The molecule has 21 heavy (non-hydrogen) atoms. The Kier molecular flexibility index (Phi) is 4.94. The second-order valence-electron chi connectivity index (χ2n) is 4.17. The zero-order chi connectivity index (χ0) is 15.2. The third-order valence-electron chi connectivity index (χ3n) is 2.66. The Morgan fingerprint density at radius 2 is 2.19 bits per heavy atom. The monoisotopic (exact) mass is 352 g/mol. The van der Waals surface area contributed by atoms with E-state index in [0.29, 0.717) is 23.1 Å². The first-order valence-corrected chi connectivity index (χ1v) is 6.91. The van der Waals surface area contributed by atoms with E-state index in [4.69, 9.17) is 5.11 Å². The van der Waals surface area contributed by atoms with Gasteiger partial charge in [-0.3, -0.25) is 0 Å². The van der Waals surface area contributed by atoms with Crippen LogP contribution in [0.3, 0.4) is 0 Å². The molecular formula is C13H13BrN4O3. The SMILES string of the molecule is O=C(NCCc1ncc[nH]1)Nc1ccc(Br)c(C(=O)O)c1. The predicted molar refractivity (Wildman–Crippen MR) is 80.4 cm³/mol. The summed E-state index contributed by atoms with van der Waals surface area (Å²) in [6.45, 7) is 0.418. The summed E-state index contributed by atoms with van der Waals surface area (Å²) >= 11 is 3.14. The quantitative estimate of drug-likeness (QED) is 0.661. The highest BCUT2D eigenvalue weighted by Crippen LogP contribution is 2.21. The number of rotatable bonds is 5. The number of carboxylic acids is 1. The Balaban J connectivity index is 1.87. The van der Waals surface area contributed by atoms with E-state index in [9.17, 15) is 9.59 Å². The number of benzene rings is 1. The molecule has 0 unspecified atom stereocenters. The maximum Gasteiger partial charge on any atom is 0.336 e. The van der Waals surface area contributed by atoms with Crippen molar-refractivity contribution >= 4 is 33.6 Å². The number of halogens is 1. The summed E-state index contributed by atoms with van der Waals surface area (Å²) in [5.74, 6) is -0.282. The number of nitrogens with one attached hydrogen (secondary N) is 3. The van der Waals surface area contributed by atoms with Crippen molar-refractivity contribution in [3.05, 3.63) is 46.5 Å². The lowest BCUT2D eigenvalue weighted by Crippen LogP contribution is -2.30. The molecular weight excluding hydrogens is 340 g/mol. The lowest BCUT2D eigenvalue weighted by molar-refractivity contribution is 0.0696. The number of H-pyrrole nitrogens is 1. The smallest absolute Gasteiger partial charge is 0.336 e. The van der Waals surface area contributed by atoms with Gasteiger partial charge in [0.25, 0.3) is 0 Å². The summed E-state index contributed by atoms with van der Waals surface area (Å²) in [6.07, 6.45) is 3.94. The first-order valence-electron chi connectivity index (χ1n) is 6.12. The first-order chi connectivity index (χ1) is 10.1. The molecule has 0 bridgehead atoms. The minimum absolute atomic E-state index is 0.0865. The fourth-order valence-corrected chi connectivity index (χ4v) is 2.09. The molecule has 0 radical (unpaired) electrons. The van der Waals surface area contributed by atoms with Crippen LogP contribution in [0.25, 0.3) is 0 Å². The molecule has 0 atom stereocenters. The third kappa shape index (κ3) is 4.32. The third-order valence-corrected chi connectivity index (χ3v) is 3.35. The number of amides is 2. The van der Waals surface area contributed by atoms with Gasteiger partial charge in [0, 0.05) is 35.5 Å². The van der Waals surface area contributed by atoms with Crippen LogP contribution in [0.5, 0.6) is 0 Å². The molecule has 0 aliphatic carbocycles. The number of carboxylic acid groups (broad SMARTS) is 1. The maximum absolute atomic E-state index is 11.7. The van der Waals surface area contributed by atoms with Gasteiger partial charge in [-0.25, -0.2) is 14.6 Å². The highest BCUT2D eigenvalue weighted by Gasteiger charge is 2.10. The van der Waals surface area contributed by atoms with Crippen molar-refractivity contribution in [2.75, 3.05) is 11.9 Å². The molecule has 1 heterocycles. The van der Waals surface area contributed by atoms with Crippen LogP contribution in [-0.2, 0) is 6.42 Å². The zero-order valence-electron chi connectivity index (χ0n) is 10.9. The number of urea groups is 1. The summed E-state index contributed by atoms with van der Waals surface area (Å²) in [4.78, 5) is 29.7. The summed E-state index contributed by atoms with van der Waals surface area (Å²) in [5, 5.41) is 14.2. The number of carbonyl (C=O) groups is 2. The van der Waals surface area contributed by atoms with Crippen molar-refractivity contribution in [1.82, 2.24) is 15.3 Å². The van der Waals surface area contributed by atoms with E-state index >= 15 is 0 Å². The Hall–Kier alpha value is -2.35. The number of aromatic amines is 1. The van der Waals surface area contributed by atoms with Crippen LogP contribution in [0.2, 0.25) is 0 Å². The van der Waals surface area contributed by atoms with E-state index in [1.54, 1.807) is 24.5 Å². The number of imidazole rings is 1. The average Bonchev–Trinajstić information content (AvgIpc) is 2.94. The minimum Gasteiger partial charge on any atom is -0.478 e. The minimum atomic E-state index is -1.07.